The second kappa shape index (κ2) is 6.52. The van der Waals surface area contributed by atoms with E-state index in [2.05, 4.69) is 6.58 Å². The van der Waals surface area contributed by atoms with E-state index in [-0.39, 0.29) is 23.1 Å². The zero-order valence-electron chi connectivity index (χ0n) is 5.79. The summed E-state index contributed by atoms with van der Waals surface area (Å²) < 4.78 is 0. The molecule has 1 rings (SSSR count). The van der Waals surface area contributed by atoms with E-state index in [1.807, 2.05) is 36.4 Å². The number of benzene rings is 1. The number of rotatable bonds is 1. The molecule has 0 radical (unpaired) electrons. The monoisotopic (exact) mass is 201 g/mol. The van der Waals surface area contributed by atoms with Gasteiger partial charge in [0, 0.05) is 0 Å². The third kappa shape index (κ3) is 3.43. The van der Waals surface area contributed by atoms with Crippen molar-refractivity contribution in [1.82, 2.24) is 6.15 Å². The molecule has 0 unspecified atom stereocenters. The van der Waals surface area contributed by atoms with Crippen molar-refractivity contribution in [3.05, 3.63) is 42.5 Å². The molecule has 1 aromatic rings. The average Bonchev–Trinajstić information content (AvgIpc) is 1.90. The van der Waals surface area contributed by atoms with E-state index in [9.17, 15) is 0 Å². The quantitative estimate of drug-likeness (QED) is 0.746. The summed E-state index contributed by atoms with van der Waals surface area (Å²) in [5.74, 6) is 0. The molecule has 0 atom stereocenters. The Morgan fingerprint density at radius 3 is 1.90 bits per heavy atom. The molecular formula is C8H12BrN. The molecule has 0 saturated heterocycles. The maximum Gasteiger partial charge on any atom is -0.0263 e. The van der Waals surface area contributed by atoms with Crippen LogP contribution in [0.5, 0.6) is 0 Å². The standard InChI is InChI=1S/C8H8.BrH.H3N/c1-2-8-6-4-3-5-7-8;;/h2-7H,1H2;1H;1H3. The van der Waals surface area contributed by atoms with Crippen LogP contribution >= 0.6 is 17.0 Å². The van der Waals surface area contributed by atoms with Gasteiger partial charge in [0.05, 0.1) is 0 Å². The Bertz CT molecular complexity index is 172. The second-order valence-corrected chi connectivity index (χ2v) is 1.61. The van der Waals surface area contributed by atoms with Crippen LogP contribution in [0.4, 0.5) is 0 Å². The first-order valence-electron chi connectivity index (χ1n) is 2.61. The van der Waals surface area contributed by atoms with Crippen molar-refractivity contribution in [3.63, 3.8) is 0 Å². The Kier molecular flexibility index (Phi) is 7.90. The van der Waals surface area contributed by atoms with Gasteiger partial charge in [-0.15, -0.1) is 17.0 Å². The smallest absolute Gasteiger partial charge is 0.0263 e. The number of hydrogen-bond donors (Lipinski definition) is 1. The topological polar surface area (TPSA) is 35.0 Å². The number of hydrogen-bond acceptors (Lipinski definition) is 1. The minimum absolute atomic E-state index is 0. The van der Waals surface area contributed by atoms with Gasteiger partial charge < -0.3 is 6.15 Å². The van der Waals surface area contributed by atoms with E-state index in [0.29, 0.717) is 0 Å². The highest BCUT2D eigenvalue weighted by molar-refractivity contribution is 8.93. The minimum Gasteiger partial charge on any atom is -0.344 e. The van der Waals surface area contributed by atoms with Crippen LogP contribution in [0.25, 0.3) is 6.08 Å². The lowest BCUT2D eigenvalue weighted by molar-refractivity contribution is 1.67. The van der Waals surface area contributed by atoms with Crippen molar-refractivity contribution >= 4 is 23.1 Å². The van der Waals surface area contributed by atoms with Gasteiger partial charge in [0.25, 0.3) is 0 Å². The lowest BCUT2D eigenvalue weighted by atomic mass is 10.2. The highest BCUT2D eigenvalue weighted by Crippen LogP contribution is 1.97. The Morgan fingerprint density at radius 1 is 1.10 bits per heavy atom. The first-order valence-corrected chi connectivity index (χ1v) is 2.61. The minimum atomic E-state index is 0. The molecule has 0 bridgehead atoms. The maximum atomic E-state index is 3.63. The maximum absolute atomic E-state index is 3.63. The highest BCUT2D eigenvalue weighted by Gasteiger charge is 1.75. The molecule has 10 heavy (non-hydrogen) atoms. The van der Waals surface area contributed by atoms with E-state index in [1.165, 1.54) is 5.56 Å². The van der Waals surface area contributed by atoms with Crippen molar-refractivity contribution in [2.45, 2.75) is 0 Å². The van der Waals surface area contributed by atoms with Gasteiger partial charge in [-0.3, -0.25) is 0 Å². The third-order valence-corrected chi connectivity index (χ3v) is 1.04. The van der Waals surface area contributed by atoms with Gasteiger partial charge in [0.15, 0.2) is 0 Å². The summed E-state index contributed by atoms with van der Waals surface area (Å²) >= 11 is 0. The van der Waals surface area contributed by atoms with Crippen LogP contribution in [0.1, 0.15) is 5.56 Å². The molecular weight excluding hydrogens is 190 g/mol. The van der Waals surface area contributed by atoms with Crippen molar-refractivity contribution in [1.29, 1.82) is 0 Å². The molecule has 0 heterocycles. The van der Waals surface area contributed by atoms with Crippen LogP contribution in [-0.2, 0) is 0 Å². The largest absolute Gasteiger partial charge is 0.344 e. The van der Waals surface area contributed by atoms with Crippen LogP contribution < -0.4 is 6.15 Å². The SMILES string of the molecule is Br.C=Cc1ccccc1.N. The molecule has 56 valence electrons. The van der Waals surface area contributed by atoms with E-state index in [1.54, 1.807) is 0 Å². The van der Waals surface area contributed by atoms with Crippen molar-refractivity contribution in [3.8, 4) is 0 Å². The summed E-state index contributed by atoms with van der Waals surface area (Å²) in [6, 6.07) is 10.0. The Balaban J connectivity index is 0. The zero-order chi connectivity index (χ0) is 5.82. The van der Waals surface area contributed by atoms with Gasteiger partial charge in [0.2, 0.25) is 0 Å². The first kappa shape index (κ1) is 12.1. The Hall–Kier alpha value is -0.600. The molecule has 2 heteroatoms. The van der Waals surface area contributed by atoms with Crippen LogP contribution in [0.3, 0.4) is 0 Å². The van der Waals surface area contributed by atoms with Gasteiger partial charge in [-0.05, 0) is 5.56 Å². The fourth-order valence-corrected chi connectivity index (χ4v) is 0.589. The van der Waals surface area contributed by atoms with Crippen molar-refractivity contribution < 1.29 is 0 Å². The fourth-order valence-electron chi connectivity index (χ4n) is 0.589. The lowest BCUT2D eigenvalue weighted by Crippen LogP contribution is -1.63. The molecule has 0 aliphatic heterocycles. The van der Waals surface area contributed by atoms with Crippen LogP contribution in [0.2, 0.25) is 0 Å². The lowest BCUT2D eigenvalue weighted by Gasteiger charge is -1.85. The summed E-state index contributed by atoms with van der Waals surface area (Å²) in [6.45, 7) is 3.63. The van der Waals surface area contributed by atoms with Crippen molar-refractivity contribution in [2.24, 2.45) is 0 Å². The number of halogens is 1. The van der Waals surface area contributed by atoms with Crippen LogP contribution in [0, 0.1) is 0 Å². The molecule has 0 spiro atoms. The summed E-state index contributed by atoms with van der Waals surface area (Å²) in [7, 11) is 0. The average molecular weight is 202 g/mol. The highest BCUT2D eigenvalue weighted by atomic mass is 79.9. The molecule has 0 aliphatic carbocycles. The van der Waals surface area contributed by atoms with E-state index in [0.717, 1.165) is 0 Å². The third-order valence-electron chi connectivity index (χ3n) is 1.04. The molecule has 0 saturated carbocycles. The fraction of sp³-hybridized carbons (Fsp3) is 0. The summed E-state index contributed by atoms with van der Waals surface area (Å²) in [5, 5.41) is 0. The molecule has 0 amide bonds. The zero-order valence-corrected chi connectivity index (χ0v) is 7.50. The molecule has 3 N–H and O–H groups in total. The first-order chi connectivity index (χ1) is 3.93. The van der Waals surface area contributed by atoms with Crippen molar-refractivity contribution in [2.75, 3.05) is 0 Å². The molecule has 1 nitrogen and oxygen atoms in total. The second-order valence-electron chi connectivity index (χ2n) is 1.61. The molecule has 0 aromatic heterocycles. The summed E-state index contributed by atoms with van der Waals surface area (Å²) in [4.78, 5) is 0. The Morgan fingerprint density at radius 2 is 1.60 bits per heavy atom. The Labute approximate surface area is 72.1 Å². The van der Waals surface area contributed by atoms with Crippen LogP contribution in [0.15, 0.2) is 36.9 Å². The van der Waals surface area contributed by atoms with Gasteiger partial charge in [-0.25, -0.2) is 0 Å². The van der Waals surface area contributed by atoms with Gasteiger partial charge in [-0.1, -0.05) is 43.0 Å². The molecule has 1 aromatic carbocycles. The van der Waals surface area contributed by atoms with Gasteiger partial charge in [-0.2, -0.15) is 0 Å². The predicted molar refractivity (Wildman–Crippen MR) is 51.9 cm³/mol. The normalized spacial score (nSPS) is 6.80. The predicted octanol–water partition coefficient (Wildman–Crippen LogP) is 3.07. The van der Waals surface area contributed by atoms with E-state index >= 15 is 0 Å². The molecule has 0 aliphatic rings. The van der Waals surface area contributed by atoms with Gasteiger partial charge >= 0.3 is 0 Å². The summed E-state index contributed by atoms with van der Waals surface area (Å²) in [6.07, 6.45) is 1.83. The molecule has 0 fully saturated rings. The van der Waals surface area contributed by atoms with Crippen LogP contribution in [-0.4, -0.2) is 0 Å². The van der Waals surface area contributed by atoms with E-state index < -0.39 is 0 Å². The summed E-state index contributed by atoms with van der Waals surface area (Å²) in [5.41, 5.74) is 1.17. The van der Waals surface area contributed by atoms with E-state index in [4.69, 9.17) is 0 Å². The van der Waals surface area contributed by atoms with Gasteiger partial charge in [0.1, 0.15) is 0 Å².